The first-order valence-electron chi connectivity index (χ1n) is 7.29. The minimum absolute atomic E-state index is 0.400. The molecule has 2 rings (SSSR count). The average Bonchev–Trinajstić information content (AvgIpc) is 2.74. The highest BCUT2D eigenvalue weighted by atomic mass is 16.5. The fraction of sp³-hybridized carbons (Fsp3) is 0.562. The van der Waals surface area contributed by atoms with E-state index in [4.69, 9.17) is 15.5 Å². The second kappa shape index (κ2) is 6.37. The van der Waals surface area contributed by atoms with Crippen LogP contribution in [-0.4, -0.2) is 29.3 Å². The lowest BCUT2D eigenvalue weighted by Gasteiger charge is -2.12. The molecule has 0 spiro atoms. The Bertz CT molecular complexity index is 587. The lowest BCUT2D eigenvalue weighted by Crippen LogP contribution is -2.14. The molecule has 0 aliphatic carbocycles. The molecule has 0 aliphatic rings. The van der Waals surface area contributed by atoms with Crippen LogP contribution in [0.25, 0.3) is 11.0 Å². The Morgan fingerprint density at radius 3 is 2.55 bits per heavy atom. The molecule has 0 unspecified atom stereocenters. The number of nitrogens with two attached hydrogens (primary N) is 1. The van der Waals surface area contributed by atoms with Crippen LogP contribution >= 0.6 is 0 Å². The van der Waals surface area contributed by atoms with E-state index >= 15 is 0 Å². The molecule has 0 bridgehead atoms. The summed E-state index contributed by atoms with van der Waals surface area (Å²) in [6.07, 6.45) is 0. The number of nitrogens with zero attached hydrogens (tertiary/aromatic N) is 2. The van der Waals surface area contributed by atoms with E-state index in [0.717, 1.165) is 17.9 Å². The van der Waals surface area contributed by atoms with E-state index in [1.165, 1.54) is 16.6 Å². The summed E-state index contributed by atoms with van der Waals surface area (Å²) in [4.78, 5) is 4.80. The third kappa shape index (κ3) is 3.02. The number of rotatable bonds is 6. The Kier molecular flexibility index (Phi) is 4.78. The normalized spacial score (nSPS) is 11.7. The predicted octanol–water partition coefficient (Wildman–Crippen LogP) is 2.75. The first-order chi connectivity index (χ1) is 9.54. The fourth-order valence-electron chi connectivity index (χ4n) is 2.42. The Morgan fingerprint density at radius 1 is 1.20 bits per heavy atom. The van der Waals surface area contributed by atoms with Gasteiger partial charge in [-0.05, 0) is 37.1 Å². The Labute approximate surface area is 120 Å². The van der Waals surface area contributed by atoms with Gasteiger partial charge in [-0.25, -0.2) is 4.98 Å². The lowest BCUT2D eigenvalue weighted by molar-refractivity contribution is 0.133. The quantitative estimate of drug-likeness (QED) is 0.825. The second-order valence-electron chi connectivity index (χ2n) is 5.60. The summed E-state index contributed by atoms with van der Waals surface area (Å²) >= 11 is 0. The summed E-state index contributed by atoms with van der Waals surface area (Å²) in [5.41, 5.74) is 10.3. The van der Waals surface area contributed by atoms with Crippen molar-refractivity contribution < 1.29 is 4.74 Å². The fourth-order valence-corrected chi connectivity index (χ4v) is 2.42. The molecular weight excluding hydrogens is 250 g/mol. The largest absolute Gasteiger partial charge is 0.378 e. The molecular formula is C16H25N3O. The smallest absolute Gasteiger partial charge is 0.112 e. The van der Waals surface area contributed by atoms with E-state index in [2.05, 4.69) is 44.4 Å². The maximum Gasteiger partial charge on any atom is 0.112 e. The second-order valence-corrected chi connectivity index (χ2v) is 5.60. The molecule has 1 aromatic carbocycles. The molecule has 110 valence electrons. The van der Waals surface area contributed by atoms with Crippen molar-refractivity contribution in [3.63, 3.8) is 0 Å². The molecule has 2 aromatic rings. The zero-order valence-electron chi connectivity index (χ0n) is 12.9. The van der Waals surface area contributed by atoms with Gasteiger partial charge in [0.05, 0.1) is 24.2 Å². The monoisotopic (exact) mass is 275 g/mol. The lowest BCUT2D eigenvalue weighted by atomic mass is 10.1. The highest BCUT2D eigenvalue weighted by Crippen LogP contribution is 2.24. The molecule has 0 radical (unpaired) electrons. The van der Waals surface area contributed by atoms with Crippen molar-refractivity contribution >= 4 is 11.0 Å². The maximum atomic E-state index is 5.52. The molecule has 2 N–H and O–H groups in total. The van der Waals surface area contributed by atoms with Crippen LogP contribution in [0.15, 0.2) is 12.1 Å². The molecule has 0 aliphatic heterocycles. The summed E-state index contributed by atoms with van der Waals surface area (Å²) in [7, 11) is 0. The predicted molar refractivity (Wildman–Crippen MR) is 83.2 cm³/mol. The molecule has 4 heteroatoms. The van der Waals surface area contributed by atoms with Crippen LogP contribution < -0.4 is 5.73 Å². The van der Waals surface area contributed by atoms with Gasteiger partial charge in [-0.15, -0.1) is 0 Å². The van der Waals surface area contributed by atoms with Crippen LogP contribution in [0.5, 0.6) is 0 Å². The number of aromatic nitrogens is 2. The van der Waals surface area contributed by atoms with Crippen LogP contribution in [0.1, 0.15) is 36.7 Å². The van der Waals surface area contributed by atoms with Crippen molar-refractivity contribution in [1.29, 1.82) is 0 Å². The Hall–Kier alpha value is -1.39. The molecule has 1 heterocycles. The molecule has 4 nitrogen and oxygen atoms in total. The van der Waals surface area contributed by atoms with Crippen molar-refractivity contribution in [3.05, 3.63) is 29.1 Å². The van der Waals surface area contributed by atoms with E-state index in [9.17, 15) is 0 Å². The van der Waals surface area contributed by atoms with Gasteiger partial charge in [0.2, 0.25) is 0 Å². The Balaban J connectivity index is 2.37. The van der Waals surface area contributed by atoms with Crippen molar-refractivity contribution in [2.75, 3.05) is 19.8 Å². The molecule has 20 heavy (non-hydrogen) atoms. The van der Waals surface area contributed by atoms with Crippen molar-refractivity contribution in [3.8, 4) is 0 Å². The van der Waals surface area contributed by atoms with Gasteiger partial charge in [-0.1, -0.05) is 13.8 Å². The average molecular weight is 275 g/mol. The van der Waals surface area contributed by atoms with E-state index in [1.807, 2.05) is 0 Å². The third-order valence-corrected chi connectivity index (χ3v) is 3.63. The summed E-state index contributed by atoms with van der Waals surface area (Å²) in [6, 6.07) is 4.40. The van der Waals surface area contributed by atoms with Gasteiger partial charge >= 0.3 is 0 Å². The van der Waals surface area contributed by atoms with Gasteiger partial charge in [0, 0.05) is 19.0 Å². The number of imidazole rings is 1. The first-order valence-corrected chi connectivity index (χ1v) is 7.29. The number of benzene rings is 1. The maximum absolute atomic E-state index is 5.52. The summed E-state index contributed by atoms with van der Waals surface area (Å²) in [6.45, 7) is 11.3. The summed E-state index contributed by atoms with van der Waals surface area (Å²) in [5.74, 6) is 1.53. The molecule has 0 atom stereocenters. The molecule has 0 saturated heterocycles. The van der Waals surface area contributed by atoms with Gasteiger partial charge in [0.15, 0.2) is 0 Å². The van der Waals surface area contributed by atoms with Gasteiger partial charge in [0.25, 0.3) is 0 Å². The topological polar surface area (TPSA) is 53.1 Å². The van der Waals surface area contributed by atoms with Crippen molar-refractivity contribution in [2.24, 2.45) is 5.73 Å². The van der Waals surface area contributed by atoms with E-state index < -0.39 is 0 Å². The minimum atomic E-state index is 0.400. The van der Waals surface area contributed by atoms with Gasteiger partial charge in [-0.3, -0.25) is 0 Å². The number of hydrogen-bond acceptors (Lipinski definition) is 3. The molecule has 0 fully saturated rings. The standard InChI is InChI=1S/C16H25N3O/c1-11(2)16-18-14-9-12(3)13(4)10-15(14)19(16)6-8-20-7-5-17/h9-11H,5-8,17H2,1-4H3. The molecule has 1 aromatic heterocycles. The zero-order chi connectivity index (χ0) is 14.7. The van der Waals surface area contributed by atoms with E-state index in [0.29, 0.717) is 25.7 Å². The summed E-state index contributed by atoms with van der Waals surface area (Å²) in [5, 5.41) is 0. The van der Waals surface area contributed by atoms with Crippen LogP contribution in [0.2, 0.25) is 0 Å². The minimum Gasteiger partial charge on any atom is -0.378 e. The highest BCUT2D eigenvalue weighted by molar-refractivity contribution is 5.78. The zero-order valence-corrected chi connectivity index (χ0v) is 12.9. The Morgan fingerprint density at radius 2 is 1.90 bits per heavy atom. The van der Waals surface area contributed by atoms with Gasteiger partial charge < -0.3 is 15.0 Å². The van der Waals surface area contributed by atoms with Gasteiger partial charge in [0.1, 0.15) is 5.82 Å². The van der Waals surface area contributed by atoms with E-state index in [1.54, 1.807) is 0 Å². The van der Waals surface area contributed by atoms with Crippen molar-refractivity contribution in [1.82, 2.24) is 9.55 Å². The highest BCUT2D eigenvalue weighted by Gasteiger charge is 2.14. The van der Waals surface area contributed by atoms with Crippen LogP contribution in [-0.2, 0) is 11.3 Å². The number of ether oxygens (including phenoxy) is 1. The molecule has 0 amide bonds. The number of hydrogen-bond donors (Lipinski definition) is 1. The third-order valence-electron chi connectivity index (χ3n) is 3.63. The van der Waals surface area contributed by atoms with E-state index in [-0.39, 0.29) is 0 Å². The van der Waals surface area contributed by atoms with Crippen LogP contribution in [0, 0.1) is 13.8 Å². The SMILES string of the molecule is Cc1cc2nc(C(C)C)n(CCOCCN)c2cc1C. The molecule has 0 saturated carbocycles. The van der Waals surface area contributed by atoms with Crippen molar-refractivity contribution in [2.45, 2.75) is 40.2 Å². The number of aryl methyl sites for hydroxylation is 2. The first kappa shape index (κ1) is 15.0. The number of fused-ring (bicyclic) bond motifs is 1. The van der Waals surface area contributed by atoms with Gasteiger partial charge in [-0.2, -0.15) is 0 Å². The van der Waals surface area contributed by atoms with Crippen LogP contribution in [0.3, 0.4) is 0 Å². The van der Waals surface area contributed by atoms with Crippen LogP contribution in [0.4, 0.5) is 0 Å². The summed E-state index contributed by atoms with van der Waals surface area (Å²) < 4.78 is 7.80.